The molecule has 0 amide bonds. The number of H-pyrrole nitrogens is 1. The van der Waals surface area contributed by atoms with Gasteiger partial charge in [-0.15, -0.1) is 0 Å². The Morgan fingerprint density at radius 1 is 1.00 bits per heavy atom. The number of hydrogen-bond donors (Lipinski definition) is 3. The first kappa shape index (κ1) is 9.65. The highest BCUT2D eigenvalue weighted by atomic mass is 15.2. The van der Waals surface area contributed by atoms with Crippen LogP contribution in [0, 0.1) is 0 Å². The lowest BCUT2D eigenvalue weighted by Gasteiger charge is -2.02. The fourth-order valence-corrected chi connectivity index (χ4v) is 1.84. The fraction of sp³-hybridized carbons (Fsp3) is 0. The van der Waals surface area contributed by atoms with Crippen molar-refractivity contribution in [3.05, 3.63) is 36.4 Å². The van der Waals surface area contributed by atoms with E-state index in [1.807, 2.05) is 36.4 Å². The van der Waals surface area contributed by atoms with Crippen molar-refractivity contribution in [3.63, 3.8) is 0 Å². The van der Waals surface area contributed by atoms with Gasteiger partial charge in [-0.1, -0.05) is 24.3 Å². The van der Waals surface area contributed by atoms with Crippen LogP contribution in [0.3, 0.4) is 0 Å². The van der Waals surface area contributed by atoms with Crippen LogP contribution in [0.2, 0.25) is 0 Å². The van der Waals surface area contributed by atoms with Crippen LogP contribution in [0.25, 0.3) is 22.2 Å². The zero-order valence-electron chi connectivity index (χ0n) is 9.01. The van der Waals surface area contributed by atoms with Crippen LogP contribution >= 0.6 is 0 Å². The Kier molecular flexibility index (Phi) is 1.98. The summed E-state index contributed by atoms with van der Waals surface area (Å²) in [5.74, 6) is 0.801. The molecule has 17 heavy (non-hydrogen) atoms. The first-order valence-electron chi connectivity index (χ1n) is 5.21. The molecule has 0 aliphatic heterocycles. The largest absolute Gasteiger partial charge is 0.383 e. The van der Waals surface area contributed by atoms with Gasteiger partial charge in [0.05, 0.1) is 16.8 Å². The number of aromatic nitrogens is 3. The maximum atomic E-state index is 5.78. The Morgan fingerprint density at radius 2 is 1.82 bits per heavy atom. The number of rotatable bonds is 1. The van der Waals surface area contributed by atoms with Crippen LogP contribution in [0.15, 0.2) is 36.4 Å². The zero-order chi connectivity index (χ0) is 11.8. The second kappa shape index (κ2) is 3.48. The number of nitrogens with zero attached hydrogens (tertiary/aromatic N) is 2. The summed E-state index contributed by atoms with van der Waals surface area (Å²) in [5.41, 5.74) is 13.8. The third-order valence-corrected chi connectivity index (χ3v) is 2.68. The van der Waals surface area contributed by atoms with Crippen LogP contribution < -0.4 is 11.5 Å². The number of nitrogens with one attached hydrogen (secondary N) is 1. The molecule has 0 spiro atoms. The molecule has 2 heterocycles. The molecule has 0 radical (unpaired) electrons. The van der Waals surface area contributed by atoms with Crippen LogP contribution in [-0.2, 0) is 0 Å². The maximum absolute atomic E-state index is 5.78. The molecule has 84 valence electrons. The van der Waals surface area contributed by atoms with Gasteiger partial charge in [0.15, 0.2) is 5.82 Å². The van der Waals surface area contributed by atoms with Crippen molar-refractivity contribution in [1.29, 1.82) is 0 Å². The van der Waals surface area contributed by atoms with E-state index in [9.17, 15) is 0 Å². The maximum Gasteiger partial charge on any atom is 0.156 e. The predicted molar refractivity (Wildman–Crippen MR) is 68.1 cm³/mol. The summed E-state index contributed by atoms with van der Waals surface area (Å²) >= 11 is 0. The minimum atomic E-state index is 0.366. The number of para-hydroxylation sites is 1. The summed E-state index contributed by atoms with van der Waals surface area (Å²) < 4.78 is 0. The molecule has 0 saturated carbocycles. The van der Waals surface area contributed by atoms with Crippen molar-refractivity contribution in [3.8, 4) is 11.3 Å². The molecule has 3 rings (SSSR count). The summed E-state index contributed by atoms with van der Waals surface area (Å²) in [4.78, 5) is 4.52. The molecule has 3 aromatic rings. The van der Waals surface area contributed by atoms with Crippen molar-refractivity contribution in [2.24, 2.45) is 0 Å². The molecule has 2 aromatic heterocycles. The molecule has 0 fully saturated rings. The molecule has 0 aliphatic carbocycles. The molecule has 1 aromatic carbocycles. The number of nitrogens with two attached hydrogens (primary N) is 2. The second-order valence-electron chi connectivity index (χ2n) is 3.79. The molecule has 0 atom stereocenters. The van der Waals surface area contributed by atoms with Crippen molar-refractivity contribution < 1.29 is 0 Å². The summed E-state index contributed by atoms with van der Waals surface area (Å²) in [6.07, 6.45) is 0. The van der Waals surface area contributed by atoms with E-state index in [-0.39, 0.29) is 0 Å². The summed E-state index contributed by atoms with van der Waals surface area (Å²) in [6.45, 7) is 0. The topological polar surface area (TPSA) is 93.6 Å². The average molecular weight is 225 g/mol. The minimum absolute atomic E-state index is 0.366. The SMILES string of the molecule is Nc1n[nH]c(N)c1-c1ccc2ccccc2n1. The Labute approximate surface area is 97.5 Å². The summed E-state index contributed by atoms with van der Waals surface area (Å²) in [6, 6.07) is 11.8. The van der Waals surface area contributed by atoms with Crippen LogP contribution in [0.1, 0.15) is 0 Å². The van der Waals surface area contributed by atoms with Crippen LogP contribution in [0.5, 0.6) is 0 Å². The lowest BCUT2D eigenvalue weighted by molar-refractivity contribution is 1.11. The highest BCUT2D eigenvalue weighted by Gasteiger charge is 2.12. The van der Waals surface area contributed by atoms with Gasteiger partial charge in [0.2, 0.25) is 0 Å². The van der Waals surface area contributed by atoms with Crippen molar-refractivity contribution >= 4 is 22.5 Å². The Bertz CT molecular complexity index is 667. The third-order valence-electron chi connectivity index (χ3n) is 2.68. The number of anilines is 2. The van der Waals surface area contributed by atoms with E-state index in [1.54, 1.807) is 0 Å². The normalized spacial score (nSPS) is 10.8. The molecule has 5 N–H and O–H groups in total. The molecule has 0 aliphatic rings. The first-order valence-corrected chi connectivity index (χ1v) is 5.21. The predicted octanol–water partition coefficient (Wildman–Crippen LogP) is 1.79. The Morgan fingerprint density at radius 3 is 2.59 bits per heavy atom. The number of hydrogen-bond acceptors (Lipinski definition) is 4. The van der Waals surface area contributed by atoms with E-state index < -0.39 is 0 Å². The number of pyridine rings is 1. The van der Waals surface area contributed by atoms with E-state index in [4.69, 9.17) is 11.5 Å². The number of aromatic amines is 1. The second-order valence-corrected chi connectivity index (χ2v) is 3.79. The fourth-order valence-electron chi connectivity index (χ4n) is 1.84. The molecule has 5 heteroatoms. The van der Waals surface area contributed by atoms with Crippen molar-refractivity contribution in [1.82, 2.24) is 15.2 Å². The highest BCUT2D eigenvalue weighted by Crippen LogP contribution is 2.29. The van der Waals surface area contributed by atoms with Crippen molar-refractivity contribution in [2.45, 2.75) is 0 Å². The molecular formula is C12H11N5. The van der Waals surface area contributed by atoms with Crippen LogP contribution in [-0.4, -0.2) is 15.2 Å². The quantitative estimate of drug-likeness (QED) is 0.588. The van der Waals surface area contributed by atoms with E-state index in [0.717, 1.165) is 16.6 Å². The zero-order valence-corrected chi connectivity index (χ0v) is 9.01. The van der Waals surface area contributed by atoms with E-state index in [1.165, 1.54) is 0 Å². The van der Waals surface area contributed by atoms with Gasteiger partial charge >= 0.3 is 0 Å². The smallest absolute Gasteiger partial charge is 0.156 e. The van der Waals surface area contributed by atoms with Gasteiger partial charge in [-0.2, -0.15) is 5.10 Å². The van der Waals surface area contributed by atoms with Gasteiger partial charge in [-0.05, 0) is 12.1 Å². The lowest BCUT2D eigenvalue weighted by atomic mass is 10.1. The van der Waals surface area contributed by atoms with Crippen LogP contribution in [0.4, 0.5) is 11.6 Å². The standard InChI is InChI=1S/C12H11N5/c13-11-10(12(14)17-16-11)9-6-5-7-3-1-2-4-8(7)15-9/h1-6H,(H5,13,14,16,17). The van der Waals surface area contributed by atoms with Gasteiger partial charge in [0, 0.05) is 5.39 Å². The Hall–Kier alpha value is -2.56. The average Bonchev–Trinajstić information content (AvgIpc) is 2.68. The van der Waals surface area contributed by atoms with Gasteiger partial charge in [-0.25, -0.2) is 4.98 Å². The van der Waals surface area contributed by atoms with Gasteiger partial charge in [0.1, 0.15) is 5.82 Å². The van der Waals surface area contributed by atoms with E-state index >= 15 is 0 Å². The van der Waals surface area contributed by atoms with Gasteiger partial charge in [-0.3, -0.25) is 5.10 Å². The molecule has 0 bridgehead atoms. The lowest BCUT2D eigenvalue weighted by Crippen LogP contribution is -1.93. The minimum Gasteiger partial charge on any atom is -0.383 e. The molecule has 0 saturated heterocycles. The highest BCUT2D eigenvalue weighted by molar-refractivity contribution is 5.86. The molecular weight excluding hydrogens is 214 g/mol. The Balaban J connectivity index is 2.25. The molecule has 5 nitrogen and oxygen atoms in total. The van der Waals surface area contributed by atoms with Crippen molar-refractivity contribution in [2.75, 3.05) is 11.5 Å². The number of fused-ring (bicyclic) bond motifs is 1. The summed E-state index contributed by atoms with van der Waals surface area (Å²) in [7, 11) is 0. The van der Waals surface area contributed by atoms with E-state index in [2.05, 4.69) is 15.2 Å². The van der Waals surface area contributed by atoms with Gasteiger partial charge < -0.3 is 11.5 Å². The van der Waals surface area contributed by atoms with Gasteiger partial charge in [0.25, 0.3) is 0 Å². The number of benzene rings is 1. The first-order chi connectivity index (χ1) is 8.25. The number of nitrogen functional groups attached to an aromatic ring is 2. The molecule has 0 unspecified atom stereocenters. The monoisotopic (exact) mass is 225 g/mol. The summed E-state index contributed by atoms with van der Waals surface area (Å²) in [5, 5.41) is 7.59. The van der Waals surface area contributed by atoms with E-state index in [0.29, 0.717) is 17.2 Å². The third kappa shape index (κ3) is 1.48.